The van der Waals surface area contributed by atoms with Crippen LogP contribution in [0.4, 0.5) is 0 Å². The molecule has 0 fully saturated rings. The number of aliphatic carboxylic acids is 1. The van der Waals surface area contributed by atoms with Crippen LogP contribution in [0.15, 0.2) is 82.2 Å². The molecule has 6 heteroatoms. The maximum absolute atomic E-state index is 9.62. The first-order chi connectivity index (χ1) is 11.5. The number of halogens is 1. The minimum atomic E-state index is -0.877. The Morgan fingerprint density at radius 2 is 1.62 bits per heavy atom. The monoisotopic (exact) mass is 407 g/mol. The molecule has 1 N–H and O–H groups in total. The van der Waals surface area contributed by atoms with Crippen molar-refractivity contribution >= 4 is 34.5 Å². The molecule has 24 heavy (non-hydrogen) atoms. The van der Waals surface area contributed by atoms with Gasteiger partial charge in [-0.1, -0.05) is 64.5 Å². The van der Waals surface area contributed by atoms with Crippen LogP contribution >= 0.6 is 28.6 Å². The lowest BCUT2D eigenvalue weighted by molar-refractivity contribution is -0.136. The van der Waals surface area contributed by atoms with Crippen molar-refractivity contribution in [2.45, 2.75) is 12.2 Å². The highest BCUT2D eigenvalue weighted by atomic mass is 79.9. The molecule has 3 rings (SSSR count). The number of rotatable bonds is 2. The summed E-state index contributed by atoms with van der Waals surface area (Å²) in [7, 11) is 0. The van der Waals surface area contributed by atoms with E-state index in [4.69, 9.17) is 9.52 Å². The third-order valence-corrected chi connectivity index (χ3v) is 3.34. The largest absolute Gasteiger partial charge is 0.480 e. The number of oxazole rings is 1. The fourth-order valence-electron chi connectivity index (χ4n) is 1.38. The summed E-state index contributed by atoms with van der Waals surface area (Å²) in [5.41, 5.74) is 1.96. The molecule has 2 aromatic carbocycles. The van der Waals surface area contributed by atoms with Crippen LogP contribution in [0.2, 0.25) is 0 Å². The Balaban J connectivity index is 0.000000194. The number of benzene rings is 2. The van der Waals surface area contributed by atoms with E-state index in [-0.39, 0.29) is 0 Å². The fraction of sp³-hybridized carbons (Fsp3) is 0.111. The van der Waals surface area contributed by atoms with Crippen LogP contribution in [0.3, 0.4) is 0 Å². The number of hydrogen-bond donors (Lipinski definition) is 2. The smallest absolute Gasteiger partial charge is 0.316 e. The quantitative estimate of drug-likeness (QED) is 0.574. The van der Waals surface area contributed by atoms with Gasteiger partial charge in [-0.25, -0.2) is 4.98 Å². The molecule has 126 valence electrons. The number of carboxylic acid groups (broad SMARTS) is 1. The van der Waals surface area contributed by atoms with Crippen molar-refractivity contribution < 1.29 is 14.3 Å². The number of aromatic nitrogens is 1. The van der Waals surface area contributed by atoms with Crippen LogP contribution in [0.25, 0.3) is 11.3 Å². The number of carboxylic acids is 1. The van der Waals surface area contributed by atoms with E-state index in [0.717, 1.165) is 15.7 Å². The second-order valence-electron chi connectivity index (χ2n) is 4.55. The number of nitrogens with zero attached hydrogens (tertiary/aromatic N) is 1. The van der Waals surface area contributed by atoms with Crippen molar-refractivity contribution in [1.29, 1.82) is 0 Å². The molecule has 0 amide bonds. The van der Waals surface area contributed by atoms with Gasteiger partial charge < -0.3 is 9.52 Å². The Labute approximate surface area is 155 Å². The average Bonchev–Trinajstić information content (AvgIpc) is 3.12. The van der Waals surface area contributed by atoms with Crippen molar-refractivity contribution in [1.82, 2.24) is 4.98 Å². The summed E-state index contributed by atoms with van der Waals surface area (Å²) in [5.74, 6) is -0.877. The Morgan fingerprint density at radius 3 is 1.96 bits per heavy atom. The molecule has 0 spiro atoms. The normalized spacial score (nSPS) is 10.5. The van der Waals surface area contributed by atoms with Crippen molar-refractivity contribution in [3.63, 3.8) is 0 Å². The van der Waals surface area contributed by atoms with Gasteiger partial charge in [0, 0.05) is 10.0 Å². The molecule has 0 bridgehead atoms. The summed E-state index contributed by atoms with van der Waals surface area (Å²) < 4.78 is 5.99. The zero-order chi connectivity index (χ0) is 17.8. The second kappa shape index (κ2) is 11.5. The summed E-state index contributed by atoms with van der Waals surface area (Å²) >= 11 is 6.90. The zero-order valence-corrected chi connectivity index (χ0v) is 15.5. The van der Waals surface area contributed by atoms with E-state index in [0.29, 0.717) is 0 Å². The van der Waals surface area contributed by atoms with Crippen LogP contribution in [0, 0.1) is 0 Å². The molecule has 1 heterocycles. The highest BCUT2D eigenvalue weighted by Gasteiger charge is 2.00. The summed E-state index contributed by atoms with van der Waals surface area (Å²) in [6.07, 6.45) is 3.07. The van der Waals surface area contributed by atoms with E-state index in [9.17, 15) is 4.79 Å². The molecule has 0 radical (unpaired) electrons. The van der Waals surface area contributed by atoms with E-state index < -0.39 is 11.2 Å². The third kappa shape index (κ3) is 8.55. The first-order valence-corrected chi connectivity index (χ1v) is 8.36. The molecule has 0 saturated heterocycles. The standard InChI is InChI=1S/C9H7NO.C6H5Br.C3H6O2S/c1-2-4-8(5-3-1)9-6-11-7-10-9;7-6-4-2-1-3-5-6;1-2(6)3(4)5/h1-7H;1-5H;2,6H,1H3,(H,4,5). The third-order valence-electron chi connectivity index (χ3n) is 2.59. The minimum Gasteiger partial charge on any atom is -0.480 e. The van der Waals surface area contributed by atoms with Gasteiger partial charge in [0.25, 0.3) is 0 Å². The van der Waals surface area contributed by atoms with Crippen molar-refractivity contribution in [3.8, 4) is 11.3 Å². The van der Waals surface area contributed by atoms with Crippen LogP contribution in [0.1, 0.15) is 6.92 Å². The summed E-state index contributed by atoms with van der Waals surface area (Å²) in [6.45, 7) is 1.51. The first-order valence-electron chi connectivity index (χ1n) is 7.05. The van der Waals surface area contributed by atoms with E-state index in [1.807, 2.05) is 60.7 Å². The van der Waals surface area contributed by atoms with Crippen LogP contribution in [-0.4, -0.2) is 21.3 Å². The van der Waals surface area contributed by atoms with Gasteiger partial charge in [-0.2, -0.15) is 12.6 Å². The Kier molecular flexibility index (Phi) is 9.56. The van der Waals surface area contributed by atoms with Crippen molar-refractivity contribution in [3.05, 3.63) is 77.8 Å². The Hall–Kier alpha value is -2.05. The molecule has 3 aromatic rings. The topological polar surface area (TPSA) is 63.3 Å². The molecule has 0 aliphatic carbocycles. The minimum absolute atomic E-state index is 0.537. The molecule has 4 nitrogen and oxygen atoms in total. The second-order valence-corrected chi connectivity index (χ2v) is 6.24. The highest BCUT2D eigenvalue weighted by molar-refractivity contribution is 9.10. The molecular formula is C18H18BrNO3S. The SMILES string of the molecule is Brc1ccccc1.CC(S)C(=O)O.c1ccc(-c2cocn2)cc1. The number of hydrogen-bond acceptors (Lipinski definition) is 4. The molecule has 0 aliphatic heterocycles. The fourth-order valence-corrected chi connectivity index (χ4v) is 1.68. The molecule has 0 saturated carbocycles. The van der Waals surface area contributed by atoms with E-state index in [2.05, 4.69) is 33.5 Å². The van der Waals surface area contributed by atoms with E-state index in [1.165, 1.54) is 13.3 Å². The summed E-state index contributed by atoms with van der Waals surface area (Å²) in [4.78, 5) is 13.6. The lowest BCUT2D eigenvalue weighted by atomic mass is 10.2. The van der Waals surface area contributed by atoms with Gasteiger partial charge in [0.2, 0.25) is 0 Å². The van der Waals surface area contributed by atoms with E-state index >= 15 is 0 Å². The predicted octanol–water partition coefficient (Wildman–Crippen LogP) is 5.18. The maximum atomic E-state index is 9.62. The molecule has 1 unspecified atom stereocenters. The van der Waals surface area contributed by atoms with Crippen LogP contribution in [0.5, 0.6) is 0 Å². The average molecular weight is 408 g/mol. The van der Waals surface area contributed by atoms with Gasteiger partial charge in [0.05, 0.1) is 5.25 Å². The zero-order valence-electron chi connectivity index (χ0n) is 13.0. The number of carbonyl (C=O) groups is 1. The highest BCUT2D eigenvalue weighted by Crippen LogP contribution is 2.14. The van der Waals surface area contributed by atoms with Gasteiger partial charge in [0.15, 0.2) is 6.39 Å². The first kappa shape index (κ1) is 20.0. The van der Waals surface area contributed by atoms with Crippen LogP contribution in [-0.2, 0) is 4.79 Å². The van der Waals surface area contributed by atoms with Crippen LogP contribution < -0.4 is 0 Å². The van der Waals surface area contributed by atoms with Gasteiger partial charge in [0.1, 0.15) is 12.0 Å². The van der Waals surface area contributed by atoms with Crippen molar-refractivity contribution in [2.75, 3.05) is 0 Å². The van der Waals surface area contributed by atoms with Crippen molar-refractivity contribution in [2.24, 2.45) is 0 Å². The van der Waals surface area contributed by atoms with Gasteiger partial charge in [-0.05, 0) is 19.1 Å². The lowest BCUT2D eigenvalue weighted by Gasteiger charge is -1.91. The molecule has 0 aliphatic rings. The lowest BCUT2D eigenvalue weighted by Crippen LogP contribution is -2.06. The Morgan fingerprint density at radius 1 is 1.12 bits per heavy atom. The molecule has 1 aromatic heterocycles. The van der Waals surface area contributed by atoms with Gasteiger partial charge in [-0.15, -0.1) is 0 Å². The predicted molar refractivity (Wildman–Crippen MR) is 102 cm³/mol. The summed E-state index contributed by atoms with van der Waals surface area (Å²) in [6, 6.07) is 19.9. The Bertz CT molecular complexity index is 689. The maximum Gasteiger partial charge on any atom is 0.316 e. The summed E-state index contributed by atoms with van der Waals surface area (Å²) in [5, 5.41) is 7.38. The van der Waals surface area contributed by atoms with Gasteiger partial charge in [-0.3, -0.25) is 4.79 Å². The van der Waals surface area contributed by atoms with Gasteiger partial charge >= 0.3 is 5.97 Å². The van der Waals surface area contributed by atoms with E-state index in [1.54, 1.807) is 6.26 Å². The molecular weight excluding hydrogens is 390 g/mol. The number of thiol groups is 1. The molecule has 1 atom stereocenters.